The van der Waals surface area contributed by atoms with E-state index in [1.807, 2.05) is 13.8 Å². The number of amides is 1. The highest BCUT2D eigenvalue weighted by molar-refractivity contribution is 8.00. The molecule has 2 unspecified atom stereocenters. The molecule has 112 valence electrons. The molecular weight excluding hydrogens is 264 g/mol. The third-order valence-corrected chi connectivity index (χ3v) is 4.04. The van der Waals surface area contributed by atoms with Crippen LogP contribution in [0.5, 0.6) is 0 Å². The Morgan fingerprint density at radius 1 is 1.42 bits per heavy atom. The molecule has 0 spiro atoms. The molecule has 2 atom stereocenters. The summed E-state index contributed by atoms with van der Waals surface area (Å²) < 4.78 is 4.87. The minimum Gasteiger partial charge on any atom is -0.468 e. The van der Waals surface area contributed by atoms with E-state index in [0.29, 0.717) is 12.2 Å². The first-order valence-corrected chi connectivity index (χ1v) is 7.60. The first-order valence-electron chi connectivity index (χ1n) is 6.55. The molecule has 0 rings (SSSR count). The number of carbonyl (C=O) groups excluding carboxylic acids is 2. The second-order valence-corrected chi connectivity index (χ2v) is 6.18. The summed E-state index contributed by atoms with van der Waals surface area (Å²) in [7, 11) is 3.02. The van der Waals surface area contributed by atoms with Gasteiger partial charge in [-0.2, -0.15) is 0 Å². The molecule has 0 aliphatic carbocycles. The Morgan fingerprint density at radius 3 is 2.53 bits per heavy atom. The van der Waals surface area contributed by atoms with Crippen molar-refractivity contribution in [1.29, 1.82) is 0 Å². The summed E-state index contributed by atoms with van der Waals surface area (Å²) in [5.74, 6) is 0.148. The number of carbonyl (C=O) groups is 2. The van der Waals surface area contributed by atoms with E-state index in [9.17, 15) is 9.59 Å². The van der Waals surface area contributed by atoms with E-state index in [-0.39, 0.29) is 17.1 Å². The lowest BCUT2D eigenvalue weighted by molar-refractivity contribution is -0.148. The number of nitrogens with one attached hydrogen (secondary N) is 2. The third kappa shape index (κ3) is 6.82. The van der Waals surface area contributed by atoms with Gasteiger partial charge >= 0.3 is 5.97 Å². The molecule has 0 aromatic carbocycles. The fourth-order valence-electron chi connectivity index (χ4n) is 1.78. The molecule has 0 aromatic rings. The normalized spacial score (nSPS) is 15.4. The summed E-state index contributed by atoms with van der Waals surface area (Å²) in [6.07, 6.45) is 1.58. The Bertz CT molecular complexity index is 300. The fourth-order valence-corrected chi connectivity index (χ4v) is 2.81. The molecule has 0 aliphatic heterocycles. The lowest BCUT2D eigenvalue weighted by Gasteiger charge is -2.30. The Labute approximate surface area is 120 Å². The Balaban J connectivity index is 4.46. The fraction of sp³-hybridized carbons (Fsp3) is 0.846. The molecule has 0 bridgehead atoms. The minimum atomic E-state index is -0.695. The molecule has 0 saturated heterocycles. The second-order valence-electron chi connectivity index (χ2n) is 4.75. The van der Waals surface area contributed by atoms with Crippen LogP contribution in [0.15, 0.2) is 0 Å². The molecule has 1 amide bonds. The number of rotatable bonds is 9. The molecule has 0 aliphatic rings. The van der Waals surface area contributed by atoms with Crippen LogP contribution < -0.4 is 10.6 Å². The molecule has 0 heterocycles. The van der Waals surface area contributed by atoms with E-state index in [1.54, 1.807) is 7.05 Å². The predicted octanol–water partition coefficient (Wildman–Crippen LogP) is 1.18. The SMILES string of the molecule is CCCNC(C)(CC(C)SCC(=O)NC)C(=O)OC. The topological polar surface area (TPSA) is 67.4 Å². The van der Waals surface area contributed by atoms with Crippen LogP contribution in [0.3, 0.4) is 0 Å². The molecule has 0 saturated carbocycles. The summed E-state index contributed by atoms with van der Waals surface area (Å²) in [6.45, 7) is 6.68. The van der Waals surface area contributed by atoms with Crippen LogP contribution in [0, 0.1) is 0 Å². The van der Waals surface area contributed by atoms with Crippen LogP contribution in [-0.4, -0.2) is 49.1 Å². The van der Waals surface area contributed by atoms with Crippen molar-refractivity contribution < 1.29 is 14.3 Å². The van der Waals surface area contributed by atoms with Gasteiger partial charge in [-0.25, -0.2) is 0 Å². The van der Waals surface area contributed by atoms with E-state index in [0.717, 1.165) is 13.0 Å². The number of hydrogen-bond donors (Lipinski definition) is 2. The maximum absolute atomic E-state index is 11.9. The summed E-state index contributed by atoms with van der Waals surface area (Å²) in [4.78, 5) is 23.1. The average molecular weight is 290 g/mol. The van der Waals surface area contributed by atoms with Crippen molar-refractivity contribution in [2.45, 2.75) is 44.4 Å². The summed E-state index contributed by atoms with van der Waals surface area (Å²) in [6, 6.07) is 0. The van der Waals surface area contributed by atoms with E-state index in [2.05, 4.69) is 17.6 Å². The van der Waals surface area contributed by atoms with E-state index in [1.165, 1.54) is 18.9 Å². The minimum absolute atomic E-state index is 0.00172. The Hall–Kier alpha value is -0.750. The number of thioether (sulfide) groups is 1. The smallest absolute Gasteiger partial charge is 0.325 e. The predicted molar refractivity (Wildman–Crippen MR) is 79.3 cm³/mol. The van der Waals surface area contributed by atoms with Crippen LogP contribution in [0.2, 0.25) is 0 Å². The molecule has 0 fully saturated rings. The lowest BCUT2D eigenvalue weighted by atomic mass is 9.96. The molecule has 0 aromatic heterocycles. The maximum atomic E-state index is 11.9. The van der Waals surface area contributed by atoms with Crippen molar-refractivity contribution in [2.24, 2.45) is 0 Å². The monoisotopic (exact) mass is 290 g/mol. The lowest BCUT2D eigenvalue weighted by Crippen LogP contribution is -2.52. The number of esters is 1. The first kappa shape index (κ1) is 18.2. The highest BCUT2D eigenvalue weighted by atomic mass is 32.2. The van der Waals surface area contributed by atoms with E-state index >= 15 is 0 Å². The summed E-state index contributed by atoms with van der Waals surface area (Å²) in [5, 5.41) is 6.01. The highest BCUT2D eigenvalue weighted by Crippen LogP contribution is 2.23. The van der Waals surface area contributed by atoms with Crippen LogP contribution >= 0.6 is 11.8 Å². The van der Waals surface area contributed by atoms with Crippen molar-refractivity contribution >= 4 is 23.6 Å². The first-order chi connectivity index (χ1) is 8.89. The average Bonchev–Trinajstić information content (AvgIpc) is 2.41. The zero-order valence-corrected chi connectivity index (χ0v) is 13.4. The largest absolute Gasteiger partial charge is 0.468 e. The van der Waals surface area contributed by atoms with Crippen molar-refractivity contribution in [3.8, 4) is 0 Å². The van der Waals surface area contributed by atoms with Crippen molar-refractivity contribution in [2.75, 3.05) is 26.5 Å². The summed E-state index contributed by atoms with van der Waals surface area (Å²) in [5.41, 5.74) is -0.695. The van der Waals surface area contributed by atoms with E-state index < -0.39 is 5.54 Å². The van der Waals surface area contributed by atoms with Gasteiger partial charge in [-0.3, -0.25) is 9.59 Å². The number of methoxy groups -OCH3 is 1. The van der Waals surface area contributed by atoms with Gasteiger partial charge < -0.3 is 15.4 Å². The zero-order chi connectivity index (χ0) is 14.9. The van der Waals surface area contributed by atoms with Gasteiger partial charge in [0.15, 0.2) is 0 Å². The molecule has 2 N–H and O–H groups in total. The molecule has 0 radical (unpaired) electrons. The van der Waals surface area contributed by atoms with Crippen molar-refractivity contribution in [1.82, 2.24) is 10.6 Å². The van der Waals surface area contributed by atoms with Gasteiger partial charge in [0.05, 0.1) is 12.9 Å². The summed E-state index contributed by atoms with van der Waals surface area (Å²) >= 11 is 1.54. The van der Waals surface area contributed by atoms with Crippen LogP contribution in [0.4, 0.5) is 0 Å². The Kier molecular flexibility index (Phi) is 8.84. The molecule has 5 nitrogen and oxygen atoms in total. The van der Waals surface area contributed by atoms with Gasteiger partial charge in [-0.15, -0.1) is 11.8 Å². The number of hydrogen-bond acceptors (Lipinski definition) is 5. The van der Waals surface area contributed by atoms with Gasteiger partial charge in [-0.1, -0.05) is 13.8 Å². The van der Waals surface area contributed by atoms with Gasteiger partial charge in [0, 0.05) is 12.3 Å². The van der Waals surface area contributed by atoms with Crippen LogP contribution in [0.1, 0.15) is 33.6 Å². The maximum Gasteiger partial charge on any atom is 0.325 e. The second kappa shape index (κ2) is 9.20. The van der Waals surface area contributed by atoms with Crippen LogP contribution in [-0.2, 0) is 14.3 Å². The number of ether oxygens (including phenoxy) is 1. The molecule has 19 heavy (non-hydrogen) atoms. The zero-order valence-electron chi connectivity index (χ0n) is 12.5. The molecule has 6 heteroatoms. The van der Waals surface area contributed by atoms with Gasteiger partial charge in [0.25, 0.3) is 0 Å². The quantitative estimate of drug-likeness (QED) is 0.624. The van der Waals surface area contributed by atoms with Crippen LogP contribution in [0.25, 0.3) is 0 Å². The Morgan fingerprint density at radius 2 is 2.05 bits per heavy atom. The standard InChI is InChI=1S/C13H26N2O3S/c1-6-7-15-13(3,12(17)18-5)8-10(2)19-9-11(16)14-4/h10,15H,6-9H2,1-5H3,(H,14,16). The van der Waals surface area contributed by atoms with Gasteiger partial charge in [0.2, 0.25) is 5.91 Å². The van der Waals surface area contributed by atoms with Crippen molar-refractivity contribution in [3.05, 3.63) is 0 Å². The van der Waals surface area contributed by atoms with Crippen molar-refractivity contribution in [3.63, 3.8) is 0 Å². The molecular formula is C13H26N2O3S. The van der Waals surface area contributed by atoms with Gasteiger partial charge in [0.1, 0.15) is 5.54 Å². The highest BCUT2D eigenvalue weighted by Gasteiger charge is 2.35. The third-order valence-electron chi connectivity index (χ3n) is 2.87. The van der Waals surface area contributed by atoms with Gasteiger partial charge in [-0.05, 0) is 26.3 Å². The van der Waals surface area contributed by atoms with E-state index in [4.69, 9.17) is 4.74 Å².